The highest BCUT2D eigenvalue weighted by atomic mass is 35.5. The monoisotopic (exact) mass is 364 g/mol. The minimum atomic E-state index is 0.0484. The van der Waals surface area contributed by atoms with E-state index in [2.05, 4.69) is 17.6 Å². The molecule has 0 saturated heterocycles. The van der Waals surface area contributed by atoms with Crippen molar-refractivity contribution < 1.29 is 9.47 Å². The van der Waals surface area contributed by atoms with Crippen molar-refractivity contribution >= 4 is 34.6 Å². The second kappa shape index (κ2) is 8.76. The zero-order valence-electron chi connectivity index (χ0n) is 13.9. The number of methoxy groups -OCH3 is 2. The molecule has 0 saturated carbocycles. The maximum absolute atomic E-state index is 6.15. The van der Waals surface area contributed by atoms with Gasteiger partial charge in [0, 0.05) is 0 Å². The Hall–Kier alpha value is -1.98. The van der Waals surface area contributed by atoms with E-state index < -0.39 is 0 Å². The molecule has 24 heavy (non-hydrogen) atoms. The lowest BCUT2D eigenvalue weighted by Gasteiger charge is -2.21. The predicted octanol–water partition coefficient (Wildman–Crippen LogP) is 4.79. The molecule has 4 nitrogen and oxygen atoms in total. The summed E-state index contributed by atoms with van der Waals surface area (Å²) in [7, 11) is 3.25. The highest BCUT2D eigenvalue weighted by Crippen LogP contribution is 2.31. The summed E-state index contributed by atoms with van der Waals surface area (Å²) in [5, 5.41) is 7.59. The fraction of sp³-hybridized carbons (Fsp3) is 0.278. The van der Waals surface area contributed by atoms with Crippen LogP contribution >= 0.6 is 23.8 Å². The SMILES string of the molecule is CCC(NC(=S)Nc1ccccc1Cl)c1ccc(OC)c(OC)c1. The van der Waals surface area contributed by atoms with Gasteiger partial charge in [0.05, 0.1) is 31.0 Å². The number of hydrogen-bond donors (Lipinski definition) is 2. The summed E-state index contributed by atoms with van der Waals surface area (Å²) in [5.41, 5.74) is 1.84. The van der Waals surface area contributed by atoms with E-state index >= 15 is 0 Å². The molecular formula is C18H21ClN2O2S. The van der Waals surface area contributed by atoms with E-state index in [-0.39, 0.29) is 6.04 Å². The van der Waals surface area contributed by atoms with Crippen LogP contribution in [-0.4, -0.2) is 19.3 Å². The topological polar surface area (TPSA) is 42.5 Å². The molecule has 2 N–H and O–H groups in total. The van der Waals surface area contributed by atoms with Gasteiger partial charge in [-0.05, 0) is 48.5 Å². The Morgan fingerprint density at radius 2 is 1.83 bits per heavy atom. The molecule has 0 aliphatic heterocycles. The molecule has 1 unspecified atom stereocenters. The van der Waals surface area contributed by atoms with Crippen LogP contribution in [0.4, 0.5) is 5.69 Å². The van der Waals surface area contributed by atoms with Crippen molar-refractivity contribution in [2.45, 2.75) is 19.4 Å². The van der Waals surface area contributed by atoms with Crippen molar-refractivity contribution in [1.29, 1.82) is 0 Å². The first-order valence-corrected chi connectivity index (χ1v) is 8.41. The van der Waals surface area contributed by atoms with E-state index in [4.69, 9.17) is 33.3 Å². The van der Waals surface area contributed by atoms with Crippen LogP contribution in [0.15, 0.2) is 42.5 Å². The highest BCUT2D eigenvalue weighted by molar-refractivity contribution is 7.80. The van der Waals surface area contributed by atoms with Crippen molar-refractivity contribution in [1.82, 2.24) is 5.32 Å². The third kappa shape index (κ3) is 4.52. The highest BCUT2D eigenvalue weighted by Gasteiger charge is 2.14. The summed E-state index contributed by atoms with van der Waals surface area (Å²) in [6.45, 7) is 2.09. The average molecular weight is 365 g/mol. The fourth-order valence-electron chi connectivity index (χ4n) is 2.37. The lowest BCUT2D eigenvalue weighted by Crippen LogP contribution is -2.32. The van der Waals surface area contributed by atoms with E-state index in [1.807, 2.05) is 42.5 Å². The average Bonchev–Trinajstić information content (AvgIpc) is 2.61. The number of para-hydroxylation sites is 1. The van der Waals surface area contributed by atoms with Crippen LogP contribution < -0.4 is 20.1 Å². The van der Waals surface area contributed by atoms with Crippen LogP contribution in [0, 0.1) is 0 Å². The molecule has 2 rings (SSSR count). The van der Waals surface area contributed by atoms with Crippen molar-refractivity contribution in [3.8, 4) is 11.5 Å². The van der Waals surface area contributed by atoms with Crippen LogP contribution in [0.25, 0.3) is 0 Å². The van der Waals surface area contributed by atoms with Crippen LogP contribution in [0.3, 0.4) is 0 Å². The lowest BCUT2D eigenvalue weighted by molar-refractivity contribution is 0.354. The van der Waals surface area contributed by atoms with Crippen LogP contribution in [0.1, 0.15) is 24.9 Å². The van der Waals surface area contributed by atoms with Crippen molar-refractivity contribution in [3.63, 3.8) is 0 Å². The van der Waals surface area contributed by atoms with Gasteiger partial charge in [-0.15, -0.1) is 0 Å². The number of hydrogen-bond acceptors (Lipinski definition) is 3. The summed E-state index contributed by atoms with van der Waals surface area (Å²) in [5.74, 6) is 1.40. The number of benzene rings is 2. The predicted molar refractivity (Wildman–Crippen MR) is 103 cm³/mol. The molecular weight excluding hydrogens is 344 g/mol. The number of ether oxygens (including phenoxy) is 2. The Balaban J connectivity index is 2.11. The van der Waals surface area contributed by atoms with E-state index in [9.17, 15) is 0 Å². The normalized spacial score (nSPS) is 11.5. The third-order valence-electron chi connectivity index (χ3n) is 3.65. The number of anilines is 1. The van der Waals surface area contributed by atoms with E-state index in [0.717, 1.165) is 17.7 Å². The zero-order chi connectivity index (χ0) is 17.5. The number of nitrogens with one attached hydrogen (secondary N) is 2. The van der Waals surface area contributed by atoms with Gasteiger partial charge in [0.25, 0.3) is 0 Å². The molecule has 0 spiro atoms. The van der Waals surface area contributed by atoms with Crippen molar-refractivity contribution in [2.75, 3.05) is 19.5 Å². The second-order valence-electron chi connectivity index (χ2n) is 5.15. The van der Waals surface area contributed by atoms with Gasteiger partial charge in [-0.25, -0.2) is 0 Å². The summed E-state index contributed by atoms with van der Waals surface area (Å²) >= 11 is 11.6. The van der Waals surface area contributed by atoms with Gasteiger partial charge in [0.2, 0.25) is 0 Å². The van der Waals surface area contributed by atoms with Gasteiger partial charge in [-0.2, -0.15) is 0 Å². The second-order valence-corrected chi connectivity index (χ2v) is 5.97. The molecule has 0 amide bonds. The Bertz CT molecular complexity index is 709. The van der Waals surface area contributed by atoms with Gasteiger partial charge in [0.15, 0.2) is 16.6 Å². The molecule has 0 bridgehead atoms. The van der Waals surface area contributed by atoms with E-state index in [1.54, 1.807) is 14.2 Å². The van der Waals surface area contributed by atoms with Crippen molar-refractivity contribution in [2.24, 2.45) is 0 Å². The smallest absolute Gasteiger partial charge is 0.171 e. The molecule has 2 aromatic carbocycles. The molecule has 0 aliphatic carbocycles. The van der Waals surface area contributed by atoms with Crippen LogP contribution in [0.5, 0.6) is 11.5 Å². The molecule has 0 radical (unpaired) electrons. The molecule has 0 aromatic heterocycles. The Morgan fingerprint density at radius 1 is 1.12 bits per heavy atom. The lowest BCUT2D eigenvalue weighted by atomic mass is 10.0. The van der Waals surface area contributed by atoms with Crippen molar-refractivity contribution in [3.05, 3.63) is 53.1 Å². The van der Waals surface area contributed by atoms with Crippen LogP contribution in [-0.2, 0) is 0 Å². The fourth-order valence-corrected chi connectivity index (χ4v) is 2.81. The first kappa shape index (κ1) is 18.4. The molecule has 2 aromatic rings. The first-order valence-electron chi connectivity index (χ1n) is 7.63. The van der Waals surface area contributed by atoms with E-state index in [1.165, 1.54) is 0 Å². The number of rotatable bonds is 6. The summed E-state index contributed by atoms with van der Waals surface area (Å²) in [4.78, 5) is 0. The molecule has 128 valence electrons. The van der Waals surface area contributed by atoms with Crippen LogP contribution in [0.2, 0.25) is 5.02 Å². The Kier molecular flexibility index (Phi) is 6.70. The maximum atomic E-state index is 6.15. The number of thiocarbonyl (C=S) groups is 1. The molecule has 1 atom stereocenters. The van der Waals surface area contributed by atoms with Gasteiger partial charge >= 0.3 is 0 Å². The molecule has 0 heterocycles. The standard InChI is InChI=1S/C18H21ClN2O2S/c1-4-14(12-9-10-16(22-2)17(11-12)23-3)20-18(24)21-15-8-6-5-7-13(15)19/h5-11,14H,4H2,1-3H3,(H2,20,21,24). The Morgan fingerprint density at radius 3 is 2.46 bits per heavy atom. The summed E-state index contributed by atoms with van der Waals surface area (Å²) < 4.78 is 10.6. The quantitative estimate of drug-likeness (QED) is 0.721. The Labute approximate surface area is 153 Å². The molecule has 0 fully saturated rings. The van der Waals surface area contributed by atoms with Gasteiger partial charge < -0.3 is 20.1 Å². The summed E-state index contributed by atoms with van der Waals surface area (Å²) in [6, 6.07) is 13.4. The third-order valence-corrected chi connectivity index (χ3v) is 4.20. The van der Waals surface area contributed by atoms with Gasteiger partial charge in [0.1, 0.15) is 0 Å². The largest absolute Gasteiger partial charge is 0.493 e. The first-order chi connectivity index (χ1) is 11.6. The summed E-state index contributed by atoms with van der Waals surface area (Å²) in [6.07, 6.45) is 0.861. The zero-order valence-corrected chi connectivity index (χ0v) is 15.5. The number of halogens is 1. The maximum Gasteiger partial charge on any atom is 0.171 e. The minimum absolute atomic E-state index is 0.0484. The molecule has 6 heteroatoms. The minimum Gasteiger partial charge on any atom is -0.493 e. The molecule has 0 aliphatic rings. The van der Waals surface area contributed by atoms with Gasteiger partial charge in [-0.3, -0.25) is 0 Å². The van der Waals surface area contributed by atoms with E-state index in [0.29, 0.717) is 21.6 Å². The van der Waals surface area contributed by atoms with Gasteiger partial charge in [-0.1, -0.05) is 36.7 Å².